The first-order valence-corrected chi connectivity index (χ1v) is 4.98. The van der Waals surface area contributed by atoms with Crippen molar-refractivity contribution in [2.45, 2.75) is 6.10 Å². The second kappa shape index (κ2) is 4.53. The molecule has 0 amide bonds. The van der Waals surface area contributed by atoms with E-state index in [-0.39, 0.29) is 5.78 Å². The zero-order valence-corrected chi connectivity index (χ0v) is 8.43. The maximum absolute atomic E-state index is 11.9. The monoisotopic (exact) mass is 206 g/mol. The third-order valence-corrected chi connectivity index (χ3v) is 2.45. The van der Waals surface area contributed by atoms with Crippen molar-refractivity contribution in [3.63, 3.8) is 0 Å². The average Bonchev–Trinajstić information content (AvgIpc) is 2.29. The second-order valence-corrected chi connectivity index (χ2v) is 3.58. The number of nitrogens with zero attached hydrogens (tertiary/aromatic N) is 1. The molecule has 1 aromatic rings. The predicted octanol–water partition coefficient (Wildman–Crippen LogP) is 0.444. The first-order chi connectivity index (χ1) is 7.27. The first-order valence-electron chi connectivity index (χ1n) is 4.98. The lowest BCUT2D eigenvalue weighted by Gasteiger charge is -2.28. The van der Waals surface area contributed by atoms with Crippen LogP contribution in [-0.2, 0) is 4.74 Å². The van der Waals surface area contributed by atoms with Gasteiger partial charge in [-0.1, -0.05) is 30.3 Å². The van der Waals surface area contributed by atoms with Crippen molar-refractivity contribution in [2.24, 2.45) is 5.84 Å². The molecule has 0 bridgehead atoms. The highest BCUT2D eigenvalue weighted by atomic mass is 16.5. The van der Waals surface area contributed by atoms with Crippen LogP contribution in [0.1, 0.15) is 10.4 Å². The van der Waals surface area contributed by atoms with Crippen LogP contribution in [0.5, 0.6) is 0 Å². The zero-order chi connectivity index (χ0) is 10.7. The van der Waals surface area contributed by atoms with Gasteiger partial charge in [0.25, 0.3) is 0 Å². The van der Waals surface area contributed by atoms with Gasteiger partial charge in [-0.05, 0) is 0 Å². The summed E-state index contributed by atoms with van der Waals surface area (Å²) in [6.07, 6.45) is -0.425. The standard InChI is InChI=1S/C11H14N2O2/c12-13-6-7-15-10(8-13)11(14)9-4-2-1-3-5-9/h1-5,10H,6-8,12H2. The molecule has 4 heteroatoms. The van der Waals surface area contributed by atoms with Crippen molar-refractivity contribution in [1.29, 1.82) is 0 Å². The Bertz CT molecular complexity index is 340. The molecule has 1 unspecified atom stereocenters. The van der Waals surface area contributed by atoms with Crippen LogP contribution >= 0.6 is 0 Å². The number of carbonyl (C=O) groups excluding carboxylic acids is 1. The van der Waals surface area contributed by atoms with E-state index in [9.17, 15) is 4.79 Å². The highest BCUT2D eigenvalue weighted by Gasteiger charge is 2.25. The van der Waals surface area contributed by atoms with Crippen LogP contribution in [0.25, 0.3) is 0 Å². The maximum Gasteiger partial charge on any atom is 0.192 e. The largest absolute Gasteiger partial charge is 0.367 e. The van der Waals surface area contributed by atoms with Gasteiger partial charge in [-0.25, -0.2) is 5.01 Å². The molecule has 0 spiro atoms. The van der Waals surface area contributed by atoms with E-state index in [2.05, 4.69) is 0 Å². The predicted molar refractivity (Wildman–Crippen MR) is 56.3 cm³/mol. The van der Waals surface area contributed by atoms with E-state index in [1.165, 1.54) is 0 Å². The number of benzene rings is 1. The number of hydrogen-bond donors (Lipinski definition) is 1. The van der Waals surface area contributed by atoms with Crippen LogP contribution in [-0.4, -0.2) is 36.6 Å². The van der Waals surface area contributed by atoms with E-state index in [1.54, 1.807) is 17.1 Å². The van der Waals surface area contributed by atoms with E-state index in [4.69, 9.17) is 10.6 Å². The first kappa shape index (κ1) is 10.3. The number of Topliss-reactive ketones (excluding diaryl/α,β-unsaturated/α-hetero) is 1. The Kier molecular flexibility index (Phi) is 3.11. The third kappa shape index (κ3) is 2.41. The van der Waals surface area contributed by atoms with Gasteiger partial charge < -0.3 is 4.74 Å². The van der Waals surface area contributed by atoms with Crippen molar-refractivity contribution in [2.75, 3.05) is 19.7 Å². The van der Waals surface area contributed by atoms with E-state index >= 15 is 0 Å². The molecule has 0 radical (unpaired) electrons. The highest BCUT2D eigenvalue weighted by Crippen LogP contribution is 2.09. The fourth-order valence-corrected chi connectivity index (χ4v) is 1.62. The van der Waals surface area contributed by atoms with Gasteiger partial charge >= 0.3 is 0 Å². The Morgan fingerprint density at radius 3 is 2.80 bits per heavy atom. The second-order valence-electron chi connectivity index (χ2n) is 3.58. The van der Waals surface area contributed by atoms with Gasteiger partial charge in [0.2, 0.25) is 0 Å². The summed E-state index contributed by atoms with van der Waals surface area (Å²) in [6, 6.07) is 9.16. The Labute approximate surface area is 88.6 Å². The molecule has 4 nitrogen and oxygen atoms in total. The van der Waals surface area contributed by atoms with Crippen molar-refractivity contribution in [3.8, 4) is 0 Å². The number of ether oxygens (including phenoxy) is 1. The molecule has 0 aliphatic carbocycles. The highest BCUT2D eigenvalue weighted by molar-refractivity contribution is 5.99. The summed E-state index contributed by atoms with van der Waals surface area (Å²) >= 11 is 0. The SMILES string of the molecule is NN1CCOC(C(=O)c2ccccc2)C1. The average molecular weight is 206 g/mol. The van der Waals surface area contributed by atoms with Crippen LogP contribution in [0.15, 0.2) is 30.3 Å². The molecule has 0 aromatic heterocycles. The summed E-state index contributed by atoms with van der Waals surface area (Å²) in [5.41, 5.74) is 0.679. The Hall–Kier alpha value is -1.23. The smallest absolute Gasteiger partial charge is 0.192 e. The molecule has 1 aliphatic rings. The number of morpholine rings is 1. The topological polar surface area (TPSA) is 55.6 Å². The van der Waals surface area contributed by atoms with Gasteiger partial charge in [0.15, 0.2) is 5.78 Å². The summed E-state index contributed by atoms with van der Waals surface area (Å²) < 4.78 is 5.39. The molecule has 0 saturated carbocycles. The van der Waals surface area contributed by atoms with E-state index < -0.39 is 6.10 Å². The number of rotatable bonds is 2. The summed E-state index contributed by atoms with van der Waals surface area (Å²) in [4.78, 5) is 11.9. The van der Waals surface area contributed by atoms with Gasteiger partial charge in [-0.15, -0.1) is 0 Å². The molecule has 2 N–H and O–H groups in total. The number of hydrazine groups is 1. The van der Waals surface area contributed by atoms with Gasteiger partial charge in [-0.2, -0.15) is 0 Å². The Morgan fingerprint density at radius 2 is 2.13 bits per heavy atom. The van der Waals surface area contributed by atoms with E-state index in [0.29, 0.717) is 25.3 Å². The van der Waals surface area contributed by atoms with Gasteiger partial charge in [0.1, 0.15) is 6.10 Å². The molecule has 1 fully saturated rings. The molecule has 15 heavy (non-hydrogen) atoms. The molecule has 1 aromatic carbocycles. The van der Waals surface area contributed by atoms with Crippen LogP contribution in [0.4, 0.5) is 0 Å². The van der Waals surface area contributed by atoms with Gasteiger partial charge in [0, 0.05) is 18.7 Å². The third-order valence-electron chi connectivity index (χ3n) is 2.45. The normalized spacial score (nSPS) is 22.6. The quantitative estimate of drug-likeness (QED) is 0.563. The zero-order valence-electron chi connectivity index (χ0n) is 8.43. The molecule has 1 heterocycles. The summed E-state index contributed by atoms with van der Waals surface area (Å²) in [7, 11) is 0. The summed E-state index contributed by atoms with van der Waals surface area (Å²) in [5.74, 6) is 5.65. The molecule has 80 valence electrons. The number of nitrogens with two attached hydrogens (primary N) is 1. The number of hydrogen-bond acceptors (Lipinski definition) is 4. The lowest BCUT2D eigenvalue weighted by Crippen LogP contribution is -2.49. The molecular formula is C11H14N2O2. The summed E-state index contributed by atoms with van der Waals surface area (Å²) in [5, 5.41) is 1.62. The number of ketones is 1. The molecule has 1 saturated heterocycles. The van der Waals surface area contributed by atoms with Crippen LogP contribution < -0.4 is 5.84 Å². The van der Waals surface area contributed by atoms with Gasteiger partial charge in [0.05, 0.1) is 6.61 Å². The molecule has 2 rings (SSSR count). The van der Waals surface area contributed by atoms with Crippen molar-refractivity contribution in [3.05, 3.63) is 35.9 Å². The molecule has 1 aliphatic heterocycles. The lowest BCUT2D eigenvalue weighted by molar-refractivity contribution is -0.0168. The number of carbonyl (C=O) groups is 1. The van der Waals surface area contributed by atoms with Crippen LogP contribution in [0, 0.1) is 0 Å². The van der Waals surface area contributed by atoms with E-state index in [0.717, 1.165) is 0 Å². The van der Waals surface area contributed by atoms with Crippen molar-refractivity contribution in [1.82, 2.24) is 5.01 Å². The maximum atomic E-state index is 11.9. The lowest BCUT2D eigenvalue weighted by atomic mass is 10.1. The van der Waals surface area contributed by atoms with Crippen molar-refractivity contribution >= 4 is 5.78 Å². The van der Waals surface area contributed by atoms with Gasteiger partial charge in [-0.3, -0.25) is 10.6 Å². The fourth-order valence-electron chi connectivity index (χ4n) is 1.62. The van der Waals surface area contributed by atoms with Crippen LogP contribution in [0.2, 0.25) is 0 Å². The van der Waals surface area contributed by atoms with Crippen molar-refractivity contribution < 1.29 is 9.53 Å². The molecule has 1 atom stereocenters. The Morgan fingerprint density at radius 1 is 1.40 bits per heavy atom. The minimum Gasteiger partial charge on any atom is -0.367 e. The molecular weight excluding hydrogens is 192 g/mol. The van der Waals surface area contributed by atoms with E-state index in [1.807, 2.05) is 18.2 Å². The Balaban J connectivity index is 2.08. The van der Waals surface area contributed by atoms with Crippen LogP contribution in [0.3, 0.4) is 0 Å². The minimum atomic E-state index is -0.425. The summed E-state index contributed by atoms with van der Waals surface area (Å²) in [6.45, 7) is 1.66. The minimum absolute atomic E-state index is 0.00532. The fraction of sp³-hybridized carbons (Fsp3) is 0.364.